The predicted molar refractivity (Wildman–Crippen MR) is 147 cm³/mol. The molecule has 2 fully saturated rings. The van der Waals surface area contributed by atoms with E-state index in [0.717, 1.165) is 30.1 Å². The standard InChI is InChI=1S/C21H30O2.8CH4/c1-5-6-7-8-13-11-15(22)17-16(12-13)23-21(4)10-9-14-18(21)19(17)20(14,2)3;;;;;;;;/h11-12,14,18-19,22H,5-10H2,1-4H3;8*1H4. The van der Waals surface area contributed by atoms with Crippen LogP contribution in [0.3, 0.4) is 0 Å². The van der Waals surface area contributed by atoms with Gasteiger partial charge in [0.05, 0.1) is 0 Å². The molecule has 31 heavy (non-hydrogen) atoms. The van der Waals surface area contributed by atoms with Crippen LogP contribution >= 0.6 is 0 Å². The Balaban J connectivity index is -0.000000282. The van der Waals surface area contributed by atoms with Gasteiger partial charge in [-0.3, -0.25) is 0 Å². The van der Waals surface area contributed by atoms with E-state index in [4.69, 9.17) is 4.74 Å². The molecule has 0 bridgehead atoms. The van der Waals surface area contributed by atoms with Gasteiger partial charge < -0.3 is 9.84 Å². The van der Waals surface area contributed by atoms with Gasteiger partial charge in [0.2, 0.25) is 0 Å². The van der Waals surface area contributed by atoms with E-state index in [1.165, 1.54) is 31.2 Å². The number of hydrogen-bond acceptors (Lipinski definition) is 2. The predicted octanol–water partition coefficient (Wildman–Crippen LogP) is 10.5. The number of phenols is 1. The SMILES string of the molecule is C.C.C.C.C.C.C.C.CCCCCc1cc(O)c2c(c1)OC1(C)CCC3C1C2C3(C)C. The topological polar surface area (TPSA) is 29.5 Å². The smallest absolute Gasteiger partial charge is 0.127 e. The Morgan fingerprint density at radius 1 is 0.935 bits per heavy atom. The molecule has 2 nitrogen and oxygen atoms in total. The van der Waals surface area contributed by atoms with Gasteiger partial charge in [0.15, 0.2) is 0 Å². The van der Waals surface area contributed by atoms with Crippen molar-refractivity contribution in [2.45, 2.75) is 137 Å². The largest absolute Gasteiger partial charge is 0.508 e. The first-order valence-electron chi connectivity index (χ1n) is 9.43. The fraction of sp³-hybridized carbons (Fsp3) is 0.793. The minimum atomic E-state index is -0.0215. The Morgan fingerprint density at radius 2 is 1.52 bits per heavy atom. The average Bonchev–Trinajstić information content (AvgIpc) is 2.81. The minimum Gasteiger partial charge on any atom is -0.508 e. The Kier molecular flexibility index (Phi) is 17.4. The molecule has 2 heteroatoms. The van der Waals surface area contributed by atoms with E-state index >= 15 is 0 Å². The number of ether oxygens (including phenoxy) is 1. The van der Waals surface area contributed by atoms with Crippen LogP contribution in [0.25, 0.3) is 0 Å². The molecule has 0 saturated heterocycles. The summed E-state index contributed by atoms with van der Waals surface area (Å²) >= 11 is 0. The Hall–Kier alpha value is -1.18. The molecule has 1 heterocycles. The third kappa shape index (κ3) is 5.60. The number of fused-ring (bicyclic) bond motifs is 2. The Labute approximate surface area is 199 Å². The second-order valence-electron chi connectivity index (χ2n) is 8.87. The molecule has 1 aromatic rings. The zero-order chi connectivity index (χ0) is 16.4. The van der Waals surface area contributed by atoms with Crippen molar-refractivity contribution in [2.24, 2.45) is 17.3 Å². The van der Waals surface area contributed by atoms with E-state index in [2.05, 4.69) is 33.8 Å². The van der Waals surface area contributed by atoms with Crippen molar-refractivity contribution in [1.29, 1.82) is 0 Å². The van der Waals surface area contributed by atoms with Crippen molar-refractivity contribution in [3.63, 3.8) is 0 Å². The number of unbranched alkanes of at least 4 members (excludes halogenated alkanes) is 2. The second-order valence-corrected chi connectivity index (χ2v) is 8.87. The van der Waals surface area contributed by atoms with Gasteiger partial charge in [0, 0.05) is 17.4 Å². The van der Waals surface area contributed by atoms with Crippen LogP contribution in [0.2, 0.25) is 0 Å². The fourth-order valence-corrected chi connectivity index (χ4v) is 5.92. The van der Waals surface area contributed by atoms with Crippen molar-refractivity contribution in [2.75, 3.05) is 0 Å². The van der Waals surface area contributed by atoms with Gasteiger partial charge in [-0.15, -0.1) is 0 Å². The third-order valence-corrected chi connectivity index (χ3v) is 7.11. The number of phenolic OH excluding ortho intramolecular Hbond substituents is 1. The van der Waals surface area contributed by atoms with E-state index < -0.39 is 0 Å². The Morgan fingerprint density at radius 3 is 2.06 bits per heavy atom. The van der Waals surface area contributed by atoms with E-state index in [1.54, 1.807) is 0 Å². The van der Waals surface area contributed by atoms with Crippen LogP contribution in [0.1, 0.15) is 136 Å². The fourth-order valence-electron chi connectivity index (χ4n) is 5.92. The van der Waals surface area contributed by atoms with E-state index in [1.807, 2.05) is 6.07 Å². The highest BCUT2D eigenvalue weighted by Gasteiger charge is 2.69. The summed E-state index contributed by atoms with van der Waals surface area (Å²) in [5, 5.41) is 10.7. The monoisotopic (exact) mass is 442 g/mol. The van der Waals surface area contributed by atoms with Crippen LogP contribution in [0.5, 0.6) is 11.5 Å². The molecule has 1 aromatic carbocycles. The summed E-state index contributed by atoms with van der Waals surface area (Å²) < 4.78 is 6.51. The molecular weight excluding hydrogens is 380 g/mol. The lowest BCUT2D eigenvalue weighted by Gasteiger charge is -2.62. The normalized spacial score (nSPS) is 26.6. The van der Waals surface area contributed by atoms with Crippen molar-refractivity contribution in [3.05, 3.63) is 23.3 Å². The zero-order valence-electron chi connectivity index (χ0n) is 15.0. The first kappa shape index (κ1) is 40.2. The molecule has 4 atom stereocenters. The average molecular weight is 443 g/mol. The highest BCUT2D eigenvalue weighted by atomic mass is 16.5. The molecule has 190 valence electrons. The molecule has 3 aliphatic rings. The molecular formula is C29H62O2. The number of aromatic hydroxyl groups is 1. The lowest BCUT2D eigenvalue weighted by Crippen LogP contribution is -2.59. The molecule has 0 amide bonds. The summed E-state index contributed by atoms with van der Waals surface area (Å²) in [7, 11) is 0. The second kappa shape index (κ2) is 13.4. The summed E-state index contributed by atoms with van der Waals surface area (Å²) in [5.41, 5.74) is 2.58. The summed E-state index contributed by atoms with van der Waals surface area (Å²) in [4.78, 5) is 0. The minimum absolute atomic E-state index is 0. The van der Waals surface area contributed by atoms with Gasteiger partial charge in [-0.1, -0.05) is 93.0 Å². The number of aryl methyl sites for hydroxylation is 1. The van der Waals surface area contributed by atoms with E-state index in [-0.39, 0.29) is 70.4 Å². The summed E-state index contributed by atoms with van der Waals surface area (Å²) in [6, 6.07) is 4.22. The van der Waals surface area contributed by atoms with Crippen LogP contribution in [0.15, 0.2) is 12.1 Å². The quantitative estimate of drug-likeness (QED) is 0.470. The maximum absolute atomic E-state index is 10.7. The molecule has 1 aliphatic heterocycles. The van der Waals surface area contributed by atoms with Gasteiger partial charge in [0.1, 0.15) is 17.1 Å². The van der Waals surface area contributed by atoms with Crippen molar-refractivity contribution in [3.8, 4) is 11.5 Å². The number of rotatable bonds is 4. The Bertz CT molecular complexity index is 634. The first-order valence-corrected chi connectivity index (χ1v) is 9.43. The number of hydrogen-bond donors (Lipinski definition) is 1. The van der Waals surface area contributed by atoms with Gasteiger partial charge in [-0.2, -0.15) is 0 Å². The number of benzene rings is 1. The van der Waals surface area contributed by atoms with Crippen molar-refractivity contribution < 1.29 is 9.84 Å². The summed E-state index contributed by atoms with van der Waals surface area (Å²) in [6.07, 6.45) is 7.12. The van der Waals surface area contributed by atoms with Gasteiger partial charge in [-0.05, 0) is 61.6 Å². The lowest BCUT2D eigenvalue weighted by molar-refractivity contribution is -0.121. The molecule has 2 saturated carbocycles. The van der Waals surface area contributed by atoms with Crippen LogP contribution in [-0.2, 0) is 6.42 Å². The van der Waals surface area contributed by atoms with Gasteiger partial charge in [0.25, 0.3) is 0 Å². The maximum Gasteiger partial charge on any atom is 0.127 e. The molecule has 2 aliphatic carbocycles. The zero-order valence-corrected chi connectivity index (χ0v) is 15.0. The molecule has 0 radical (unpaired) electrons. The van der Waals surface area contributed by atoms with Gasteiger partial charge in [-0.25, -0.2) is 0 Å². The van der Waals surface area contributed by atoms with E-state index in [0.29, 0.717) is 17.6 Å². The van der Waals surface area contributed by atoms with Crippen LogP contribution < -0.4 is 4.74 Å². The molecule has 4 rings (SSSR count). The van der Waals surface area contributed by atoms with Crippen LogP contribution in [-0.4, -0.2) is 10.7 Å². The highest BCUT2D eigenvalue weighted by Crippen LogP contribution is 2.74. The van der Waals surface area contributed by atoms with Crippen LogP contribution in [0.4, 0.5) is 0 Å². The third-order valence-electron chi connectivity index (χ3n) is 7.11. The summed E-state index contributed by atoms with van der Waals surface area (Å²) in [5.74, 6) is 3.22. The first-order chi connectivity index (χ1) is 10.9. The maximum atomic E-state index is 10.7. The van der Waals surface area contributed by atoms with Gasteiger partial charge >= 0.3 is 0 Å². The molecule has 1 N–H and O–H groups in total. The summed E-state index contributed by atoms with van der Waals surface area (Å²) in [6.45, 7) is 9.29. The molecule has 0 aromatic heterocycles. The highest BCUT2D eigenvalue weighted by molar-refractivity contribution is 5.55. The van der Waals surface area contributed by atoms with Crippen LogP contribution in [0, 0.1) is 17.3 Å². The van der Waals surface area contributed by atoms with Crippen molar-refractivity contribution in [1.82, 2.24) is 0 Å². The molecule has 4 unspecified atom stereocenters. The van der Waals surface area contributed by atoms with Crippen molar-refractivity contribution >= 4 is 0 Å². The lowest BCUT2D eigenvalue weighted by atomic mass is 9.45. The van der Waals surface area contributed by atoms with E-state index in [9.17, 15) is 5.11 Å². The molecule has 0 spiro atoms.